The Morgan fingerprint density at radius 1 is 1.43 bits per heavy atom. The lowest BCUT2D eigenvalue weighted by Gasteiger charge is -2.04. The predicted molar refractivity (Wildman–Crippen MR) is 59.3 cm³/mol. The Labute approximate surface area is 86.0 Å². The van der Waals surface area contributed by atoms with E-state index in [1.807, 2.05) is 6.08 Å². The zero-order valence-corrected chi connectivity index (χ0v) is 9.58. The Hall–Kier alpha value is -0.370. The van der Waals surface area contributed by atoms with E-state index in [0.717, 1.165) is 12.2 Å². The summed E-state index contributed by atoms with van der Waals surface area (Å²) in [6, 6.07) is 0. The highest BCUT2D eigenvalue weighted by Gasteiger charge is 2.11. The van der Waals surface area contributed by atoms with Crippen molar-refractivity contribution in [2.24, 2.45) is 0 Å². The maximum absolute atomic E-state index is 10.9. The quantitative estimate of drug-likeness (QED) is 0.385. The lowest BCUT2D eigenvalue weighted by atomic mass is 10.2. The summed E-state index contributed by atoms with van der Waals surface area (Å²) in [5, 5.41) is 0. The monoisotopic (exact) mass is 218 g/mol. The van der Waals surface area contributed by atoms with Gasteiger partial charge in [0.05, 0.1) is 6.61 Å². The van der Waals surface area contributed by atoms with Crippen molar-refractivity contribution < 1.29 is 14.0 Å². The Morgan fingerprint density at radius 3 is 2.64 bits per heavy atom. The summed E-state index contributed by atoms with van der Waals surface area (Å²) in [4.78, 5) is 8.96. The molecule has 82 valence electrons. The molecule has 3 nitrogen and oxygen atoms in total. The highest BCUT2D eigenvalue weighted by Crippen LogP contribution is 2.42. The summed E-state index contributed by atoms with van der Waals surface area (Å²) >= 11 is 0. The lowest BCUT2D eigenvalue weighted by molar-refractivity contribution is 0.273. The first-order chi connectivity index (χ1) is 6.62. The van der Waals surface area contributed by atoms with E-state index >= 15 is 0 Å². The molecule has 0 heterocycles. The van der Waals surface area contributed by atoms with Gasteiger partial charge in [-0.1, -0.05) is 38.5 Å². The first kappa shape index (κ1) is 13.6. The van der Waals surface area contributed by atoms with Crippen LogP contribution < -0.4 is 0 Å². The molecule has 0 saturated carbocycles. The van der Waals surface area contributed by atoms with Crippen LogP contribution in [0.15, 0.2) is 24.5 Å². The summed E-state index contributed by atoms with van der Waals surface area (Å²) in [7, 11) is -3.50. The Kier molecular flexibility index (Phi) is 7.77. The molecule has 0 aromatic rings. The summed E-state index contributed by atoms with van der Waals surface area (Å²) in [5.41, 5.74) is 0. The van der Waals surface area contributed by atoms with Gasteiger partial charge in [0.25, 0.3) is 0 Å². The molecule has 14 heavy (non-hydrogen) atoms. The zero-order chi connectivity index (χ0) is 10.9. The van der Waals surface area contributed by atoms with Crippen LogP contribution in [-0.2, 0) is 9.09 Å². The van der Waals surface area contributed by atoms with E-state index in [1.54, 1.807) is 0 Å². The van der Waals surface area contributed by atoms with Gasteiger partial charge in [0.1, 0.15) is 0 Å². The molecule has 0 amide bonds. The molecular weight excluding hydrogens is 199 g/mol. The molecule has 0 fully saturated rings. The van der Waals surface area contributed by atoms with E-state index in [9.17, 15) is 4.57 Å². The molecule has 0 aliphatic rings. The van der Waals surface area contributed by atoms with Gasteiger partial charge in [0, 0.05) is 5.82 Å². The van der Waals surface area contributed by atoms with Crippen molar-refractivity contribution in [3.05, 3.63) is 24.5 Å². The van der Waals surface area contributed by atoms with Crippen molar-refractivity contribution in [1.82, 2.24) is 0 Å². The second-order valence-corrected chi connectivity index (χ2v) is 4.73. The molecule has 0 aromatic heterocycles. The van der Waals surface area contributed by atoms with E-state index in [2.05, 4.69) is 19.6 Å². The van der Waals surface area contributed by atoms with Gasteiger partial charge in [0.15, 0.2) is 0 Å². The lowest BCUT2D eigenvalue weighted by Crippen LogP contribution is -1.88. The Bertz CT molecular complexity index is 223. The van der Waals surface area contributed by atoms with Crippen molar-refractivity contribution in [2.45, 2.75) is 32.6 Å². The van der Waals surface area contributed by atoms with E-state index < -0.39 is 7.60 Å². The second kappa shape index (κ2) is 7.98. The van der Waals surface area contributed by atoms with Crippen molar-refractivity contribution in [1.29, 1.82) is 0 Å². The minimum Gasteiger partial charge on any atom is -0.321 e. The molecule has 0 spiro atoms. The molecule has 0 aliphatic carbocycles. The van der Waals surface area contributed by atoms with E-state index in [4.69, 9.17) is 9.42 Å². The van der Waals surface area contributed by atoms with E-state index in [0.29, 0.717) is 6.42 Å². The van der Waals surface area contributed by atoms with Gasteiger partial charge >= 0.3 is 7.60 Å². The van der Waals surface area contributed by atoms with Gasteiger partial charge in [-0.15, -0.1) is 0 Å². The average Bonchev–Trinajstić information content (AvgIpc) is 2.16. The third kappa shape index (κ3) is 8.24. The van der Waals surface area contributed by atoms with Crippen molar-refractivity contribution in [3.63, 3.8) is 0 Å². The molecule has 0 rings (SSSR count). The topological polar surface area (TPSA) is 46.5 Å². The molecule has 0 aliphatic heterocycles. The van der Waals surface area contributed by atoms with Gasteiger partial charge in [-0.05, 0) is 12.8 Å². The van der Waals surface area contributed by atoms with E-state index in [1.165, 1.54) is 12.8 Å². The second-order valence-electron chi connectivity index (χ2n) is 2.98. The van der Waals surface area contributed by atoms with Gasteiger partial charge in [-0.2, -0.15) is 0 Å². The summed E-state index contributed by atoms with van der Waals surface area (Å²) < 4.78 is 15.6. The maximum Gasteiger partial charge on any atom is 0.351 e. The first-order valence-electron chi connectivity index (χ1n) is 4.88. The van der Waals surface area contributed by atoms with Crippen LogP contribution in [0.25, 0.3) is 0 Å². The van der Waals surface area contributed by atoms with Crippen LogP contribution in [0.5, 0.6) is 0 Å². The minimum atomic E-state index is -3.50. The summed E-state index contributed by atoms with van der Waals surface area (Å²) in [5.74, 6) is 0.952. The zero-order valence-electron chi connectivity index (χ0n) is 8.69. The molecule has 0 aromatic carbocycles. The van der Waals surface area contributed by atoms with Crippen molar-refractivity contribution in [2.75, 3.05) is 6.61 Å². The molecule has 1 N–H and O–H groups in total. The average molecular weight is 218 g/mol. The molecular formula is C10H19O3P. The van der Waals surface area contributed by atoms with E-state index in [-0.39, 0.29) is 6.61 Å². The van der Waals surface area contributed by atoms with Crippen LogP contribution in [0.4, 0.5) is 0 Å². The van der Waals surface area contributed by atoms with Crippen LogP contribution in [0.1, 0.15) is 32.6 Å². The normalized spacial score (nSPS) is 15.6. The Balaban J connectivity index is 3.42. The fraction of sp³-hybridized carbons (Fsp3) is 0.600. The van der Waals surface area contributed by atoms with Gasteiger partial charge in [-0.3, -0.25) is 4.57 Å². The standard InChI is InChI=1S/C10H19O3P/c1-3-5-6-7-8-9-10-13-14(11,12)4-2/h4,7-8H,2-3,5-6,9-10H2,1H3,(H,11,12). The molecule has 1 atom stereocenters. The summed E-state index contributed by atoms with van der Waals surface area (Å²) in [6.07, 6.45) is 8.14. The fourth-order valence-corrected chi connectivity index (χ4v) is 1.33. The summed E-state index contributed by atoms with van der Waals surface area (Å²) in [6.45, 7) is 5.62. The van der Waals surface area contributed by atoms with Crippen molar-refractivity contribution >= 4 is 7.60 Å². The minimum absolute atomic E-state index is 0.266. The SMILES string of the molecule is C=CP(=O)(O)OCCC=CCCCC. The number of hydrogen-bond acceptors (Lipinski definition) is 2. The van der Waals surface area contributed by atoms with Crippen LogP contribution in [-0.4, -0.2) is 11.5 Å². The predicted octanol–water partition coefficient (Wildman–Crippen LogP) is 3.47. The van der Waals surface area contributed by atoms with Crippen LogP contribution in [0.2, 0.25) is 0 Å². The Morgan fingerprint density at radius 2 is 2.07 bits per heavy atom. The highest BCUT2D eigenvalue weighted by molar-refractivity contribution is 7.56. The molecule has 0 radical (unpaired) electrons. The fourth-order valence-electron chi connectivity index (χ4n) is 0.862. The smallest absolute Gasteiger partial charge is 0.321 e. The van der Waals surface area contributed by atoms with Gasteiger partial charge in [0.2, 0.25) is 0 Å². The van der Waals surface area contributed by atoms with Crippen molar-refractivity contribution in [3.8, 4) is 0 Å². The van der Waals surface area contributed by atoms with Crippen LogP contribution in [0.3, 0.4) is 0 Å². The largest absolute Gasteiger partial charge is 0.351 e. The number of allylic oxidation sites excluding steroid dienone is 1. The van der Waals surface area contributed by atoms with Gasteiger partial charge < -0.3 is 9.42 Å². The van der Waals surface area contributed by atoms with Gasteiger partial charge in [-0.25, -0.2) is 0 Å². The van der Waals surface area contributed by atoms with Crippen LogP contribution in [0, 0.1) is 0 Å². The number of rotatable bonds is 8. The molecule has 0 bridgehead atoms. The third-order valence-corrected chi connectivity index (χ3v) is 2.70. The molecule has 4 heteroatoms. The highest BCUT2D eigenvalue weighted by atomic mass is 31.2. The maximum atomic E-state index is 10.9. The first-order valence-corrected chi connectivity index (χ1v) is 6.52. The third-order valence-electron chi connectivity index (χ3n) is 1.68. The molecule has 0 saturated heterocycles. The number of hydrogen-bond donors (Lipinski definition) is 1. The van der Waals surface area contributed by atoms with Crippen LogP contribution >= 0.6 is 7.60 Å². The number of unbranched alkanes of at least 4 members (excludes halogenated alkanes) is 2. The molecule has 1 unspecified atom stereocenters.